The molecule has 0 spiro atoms. The lowest BCUT2D eigenvalue weighted by molar-refractivity contribution is -0.128. The van der Waals surface area contributed by atoms with Gasteiger partial charge in [-0.1, -0.05) is 19.9 Å². The third kappa shape index (κ3) is 1.58. The lowest BCUT2D eigenvalue weighted by Gasteiger charge is -2.48. The van der Waals surface area contributed by atoms with E-state index in [9.17, 15) is 9.90 Å². The Labute approximate surface area is 108 Å². The van der Waals surface area contributed by atoms with E-state index >= 15 is 0 Å². The van der Waals surface area contributed by atoms with Gasteiger partial charge in [0.2, 0.25) is 0 Å². The maximum atomic E-state index is 12.0. The molecule has 18 heavy (non-hydrogen) atoms. The summed E-state index contributed by atoms with van der Waals surface area (Å²) >= 11 is 0. The second kappa shape index (κ2) is 3.84. The van der Waals surface area contributed by atoms with Crippen LogP contribution in [0, 0.1) is 11.3 Å². The molecule has 0 amide bonds. The summed E-state index contributed by atoms with van der Waals surface area (Å²) < 4.78 is 0. The van der Waals surface area contributed by atoms with Crippen molar-refractivity contribution in [3.8, 4) is 5.75 Å². The van der Waals surface area contributed by atoms with Crippen LogP contribution in [0.5, 0.6) is 5.75 Å². The second-order valence-corrected chi connectivity index (χ2v) is 6.27. The number of carbonyl (C=O) groups is 1. The largest absolute Gasteiger partial charge is 0.508 e. The van der Waals surface area contributed by atoms with E-state index in [1.807, 2.05) is 12.1 Å². The number of hydrogen-bond donors (Lipinski definition) is 1. The van der Waals surface area contributed by atoms with Crippen LogP contribution in [-0.4, -0.2) is 10.9 Å². The third-order valence-electron chi connectivity index (χ3n) is 5.13. The first kappa shape index (κ1) is 11.8. The predicted molar refractivity (Wildman–Crippen MR) is 70.7 cm³/mol. The molecule has 1 fully saturated rings. The Bertz CT molecular complexity index is 506. The molecule has 0 bridgehead atoms. The van der Waals surface area contributed by atoms with Gasteiger partial charge in [-0.15, -0.1) is 0 Å². The number of aromatic hydroxyl groups is 1. The summed E-state index contributed by atoms with van der Waals surface area (Å²) in [6.45, 7) is 4.41. The van der Waals surface area contributed by atoms with Gasteiger partial charge in [-0.05, 0) is 53.9 Å². The van der Waals surface area contributed by atoms with Gasteiger partial charge in [0.25, 0.3) is 0 Å². The lowest BCUT2D eigenvalue weighted by atomic mass is 9.55. The van der Waals surface area contributed by atoms with Crippen LogP contribution in [0.25, 0.3) is 0 Å². The minimum atomic E-state index is 0.118. The molecule has 2 nitrogen and oxygen atoms in total. The van der Waals surface area contributed by atoms with Gasteiger partial charge in [-0.3, -0.25) is 4.79 Å². The fraction of sp³-hybridized carbons (Fsp3) is 0.562. The normalized spacial score (nSPS) is 34.9. The van der Waals surface area contributed by atoms with Crippen molar-refractivity contribution in [3.63, 3.8) is 0 Å². The molecule has 2 heteroatoms. The zero-order valence-electron chi connectivity index (χ0n) is 11.1. The van der Waals surface area contributed by atoms with Gasteiger partial charge in [-0.2, -0.15) is 0 Å². The van der Waals surface area contributed by atoms with Gasteiger partial charge in [0, 0.05) is 12.3 Å². The predicted octanol–water partition coefficient (Wildman–Crippen LogP) is 3.43. The summed E-state index contributed by atoms with van der Waals surface area (Å²) in [5, 5.41) is 9.60. The molecular formula is C16H20O2. The van der Waals surface area contributed by atoms with Crippen LogP contribution in [0.4, 0.5) is 0 Å². The average molecular weight is 244 g/mol. The molecular weight excluding hydrogens is 224 g/mol. The van der Waals surface area contributed by atoms with Crippen LogP contribution in [0.2, 0.25) is 0 Å². The van der Waals surface area contributed by atoms with E-state index in [0.717, 1.165) is 25.7 Å². The number of Topliss-reactive ketones (excluding diaryl/α,β-unsaturated/α-hetero) is 1. The zero-order valence-corrected chi connectivity index (χ0v) is 11.1. The van der Waals surface area contributed by atoms with E-state index in [0.29, 0.717) is 17.5 Å². The first-order valence-corrected chi connectivity index (χ1v) is 6.86. The smallest absolute Gasteiger partial charge is 0.136 e. The van der Waals surface area contributed by atoms with E-state index in [1.165, 1.54) is 11.1 Å². The molecule has 96 valence electrons. The molecule has 1 N–H and O–H groups in total. The number of benzene rings is 1. The highest BCUT2D eigenvalue weighted by molar-refractivity contribution is 5.83. The van der Waals surface area contributed by atoms with Gasteiger partial charge in [0.15, 0.2) is 0 Å². The first-order valence-electron chi connectivity index (χ1n) is 6.86. The van der Waals surface area contributed by atoms with Gasteiger partial charge < -0.3 is 5.11 Å². The monoisotopic (exact) mass is 244 g/mol. The average Bonchev–Trinajstić information content (AvgIpc) is 2.34. The molecule has 1 aromatic carbocycles. The number of phenols is 1. The van der Waals surface area contributed by atoms with Crippen LogP contribution in [0.1, 0.15) is 50.2 Å². The van der Waals surface area contributed by atoms with Gasteiger partial charge in [-0.25, -0.2) is 0 Å². The molecule has 0 unspecified atom stereocenters. The van der Waals surface area contributed by atoms with Crippen molar-refractivity contribution in [1.29, 1.82) is 0 Å². The summed E-state index contributed by atoms with van der Waals surface area (Å²) in [5.74, 6) is 1.20. The molecule has 0 aromatic heterocycles. The zero-order chi connectivity index (χ0) is 12.9. The number of fused-ring (bicyclic) bond motifs is 3. The molecule has 2 aliphatic rings. The van der Waals surface area contributed by atoms with Crippen LogP contribution in [-0.2, 0) is 11.2 Å². The lowest BCUT2D eigenvalue weighted by Crippen LogP contribution is -2.42. The number of ketones is 1. The molecule has 0 saturated heterocycles. The first-order chi connectivity index (χ1) is 8.51. The van der Waals surface area contributed by atoms with E-state index < -0.39 is 0 Å². The van der Waals surface area contributed by atoms with Crippen molar-refractivity contribution in [3.05, 3.63) is 29.3 Å². The number of phenolic OH excluding ortho intramolecular Hbond substituents is 1. The van der Waals surface area contributed by atoms with Crippen molar-refractivity contribution in [2.45, 2.75) is 45.4 Å². The molecule has 1 aromatic rings. The third-order valence-corrected chi connectivity index (χ3v) is 5.13. The van der Waals surface area contributed by atoms with Crippen molar-refractivity contribution in [1.82, 2.24) is 0 Å². The summed E-state index contributed by atoms with van der Waals surface area (Å²) in [6, 6.07) is 5.67. The Morgan fingerprint density at radius 2 is 2.00 bits per heavy atom. The maximum absolute atomic E-state index is 12.0. The van der Waals surface area contributed by atoms with Crippen molar-refractivity contribution >= 4 is 5.78 Å². The minimum Gasteiger partial charge on any atom is -0.508 e. The fourth-order valence-corrected chi connectivity index (χ4v) is 4.04. The molecule has 0 aliphatic heterocycles. The maximum Gasteiger partial charge on any atom is 0.136 e. The van der Waals surface area contributed by atoms with Crippen LogP contribution < -0.4 is 0 Å². The molecule has 2 aliphatic carbocycles. The van der Waals surface area contributed by atoms with Gasteiger partial charge in [0.05, 0.1) is 0 Å². The Hall–Kier alpha value is -1.31. The topological polar surface area (TPSA) is 37.3 Å². The minimum absolute atomic E-state index is 0.118. The van der Waals surface area contributed by atoms with Crippen molar-refractivity contribution in [2.24, 2.45) is 11.3 Å². The van der Waals surface area contributed by atoms with Crippen molar-refractivity contribution in [2.75, 3.05) is 0 Å². The number of hydrogen-bond acceptors (Lipinski definition) is 2. The molecule has 1 saturated carbocycles. The number of carbonyl (C=O) groups excluding carboxylic acids is 1. The fourth-order valence-electron chi connectivity index (χ4n) is 4.04. The molecule has 3 rings (SSSR count). The van der Waals surface area contributed by atoms with E-state index in [4.69, 9.17) is 0 Å². The highest BCUT2D eigenvalue weighted by atomic mass is 16.3. The standard InChI is InChI=1S/C16H20O2/c1-10-14(18)6-8-16(2)7-5-11-9-12(17)3-4-13(11)15(10)16/h3-4,9-10,15,17H,5-8H2,1-2H3/t10-,15-,16+/m1/s1. The highest BCUT2D eigenvalue weighted by Crippen LogP contribution is 2.55. The Morgan fingerprint density at radius 3 is 2.78 bits per heavy atom. The van der Waals surface area contributed by atoms with Crippen LogP contribution >= 0.6 is 0 Å². The van der Waals surface area contributed by atoms with Gasteiger partial charge >= 0.3 is 0 Å². The van der Waals surface area contributed by atoms with Crippen LogP contribution in [0.15, 0.2) is 18.2 Å². The van der Waals surface area contributed by atoms with Crippen molar-refractivity contribution < 1.29 is 9.90 Å². The second-order valence-electron chi connectivity index (χ2n) is 6.27. The summed E-state index contributed by atoms with van der Waals surface area (Å²) in [5.41, 5.74) is 2.79. The van der Waals surface area contributed by atoms with E-state index in [1.54, 1.807) is 6.07 Å². The molecule has 0 heterocycles. The highest BCUT2D eigenvalue weighted by Gasteiger charge is 2.47. The SMILES string of the molecule is C[C@@H]1C(=O)CC[C@]2(C)CCc3cc(O)ccc3[C@@H]12. The Balaban J connectivity index is 2.11. The summed E-state index contributed by atoms with van der Waals surface area (Å²) in [4.78, 5) is 12.0. The van der Waals surface area contributed by atoms with E-state index in [-0.39, 0.29) is 11.3 Å². The summed E-state index contributed by atoms with van der Waals surface area (Å²) in [7, 11) is 0. The number of aryl methyl sites for hydroxylation is 1. The quantitative estimate of drug-likeness (QED) is 0.759. The summed E-state index contributed by atoms with van der Waals surface area (Å²) in [6.07, 6.45) is 3.91. The van der Waals surface area contributed by atoms with Gasteiger partial charge in [0.1, 0.15) is 11.5 Å². The molecule has 3 atom stereocenters. The Morgan fingerprint density at radius 1 is 1.28 bits per heavy atom. The van der Waals surface area contributed by atoms with E-state index in [2.05, 4.69) is 13.8 Å². The molecule has 0 radical (unpaired) electrons. The Kier molecular flexibility index (Phi) is 2.51. The number of rotatable bonds is 0. The van der Waals surface area contributed by atoms with Crippen LogP contribution in [0.3, 0.4) is 0 Å².